The van der Waals surface area contributed by atoms with Gasteiger partial charge < -0.3 is 5.73 Å². The molecule has 0 aromatic heterocycles. The molecule has 1 aromatic rings. The molecule has 2 N–H and O–H groups in total. The second kappa shape index (κ2) is 3.62. The van der Waals surface area contributed by atoms with E-state index < -0.39 is 0 Å². The minimum atomic E-state index is 0.447. The number of fused-ring (bicyclic) bond motifs is 1. The van der Waals surface area contributed by atoms with E-state index in [2.05, 4.69) is 30.1 Å². The van der Waals surface area contributed by atoms with Crippen LogP contribution in [0.5, 0.6) is 0 Å². The van der Waals surface area contributed by atoms with E-state index in [1.165, 1.54) is 24.0 Å². The molecule has 3 rings (SSSR count). The molecule has 0 fully saturated rings. The van der Waals surface area contributed by atoms with Gasteiger partial charge in [-0.25, -0.2) is 0 Å². The van der Waals surface area contributed by atoms with Gasteiger partial charge in [0.05, 0.1) is 11.9 Å². The van der Waals surface area contributed by atoms with Gasteiger partial charge in [0.2, 0.25) is 0 Å². The van der Waals surface area contributed by atoms with E-state index in [0.29, 0.717) is 12.0 Å². The Kier molecular flexibility index (Phi) is 2.23. The van der Waals surface area contributed by atoms with Gasteiger partial charge in [-0.2, -0.15) is 0 Å². The Bertz CT molecular complexity index is 448. The van der Waals surface area contributed by atoms with Crippen LogP contribution in [0.25, 0.3) is 0 Å². The Morgan fingerprint density at radius 3 is 2.88 bits per heavy atom. The average molecular weight is 214 g/mol. The number of amidine groups is 1. The van der Waals surface area contributed by atoms with Gasteiger partial charge in [-0.3, -0.25) is 4.99 Å². The first-order chi connectivity index (χ1) is 7.75. The highest BCUT2D eigenvalue weighted by Crippen LogP contribution is 2.40. The van der Waals surface area contributed by atoms with Gasteiger partial charge in [0.1, 0.15) is 0 Å². The second-order valence-electron chi connectivity index (χ2n) is 5.01. The summed E-state index contributed by atoms with van der Waals surface area (Å²) in [6.45, 7) is 2.22. The Hall–Kier alpha value is -1.31. The summed E-state index contributed by atoms with van der Waals surface area (Å²) in [6.07, 6.45) is 4.60. The van der Waals surface area contributed by atoms with Gasteiger partial charge in [0, 0.05) is 12.3 Å². The molecule has 0 spiro atoms. The van der Waals surface area contributed by atoms with Crippen molar-refractivity contribution in [3.05, 3.63) is 34.9 Å². The van der Waals surface area contributed by atoms with Crippen molar-refractivity contribution in [3.8, 4) is 0 Å². The van der Waals surface area contributed by atoms with E-state index in [0.717, 1.165) is 18.7 Å². The molecule has 0 bridgehead atoms. The summed E-state index contributed by atoms with van der Waals surface area (Å²) in [5.74, 6) is 1.47. The largest absolute Gasteiger partial charge is 0.387 e. The molecule has 1 aliphatic carbocycles. The highest BCUT2D eigenvalue weighted by Gasteiger charge is 2.32. The van der Waals surface area contributed by atoms with Crippen molar-refractivity contribution >= 4 is 5.84 Å². The Labute approximate surface area is 96.6 Å². The molecule has 1 unspecified atom stereocenters. The molecule has 1 aromatic carbocycles. The van der Waals surface area contributed by atoms with Gasteiger partial charge >= 0.3 is 0 Å². The molecule has 16 heavy (non-hydrogen) atoms. The SMILES string of the molecule is Cc1cccc2c1CC[C@@H]2C1CCC(N)=N1. The van der Waals surface area contributed by atoms with Crippen molar-refractivity contribution in [2.75, 3.05) is 0 Å². The molecule has 0 saturated carbocycles. The van der Waals surface area contributed by atoms with Crippen molar-refractivity contribution in [2.24, 2.45) is 10.7 Å². The number of aryl methyl sites for hydroxylation is 1. The summed E-state index contributed by atoms with van der Waals surface area (Å²) in [6, 6.07) is 7.12. The minimum absolute atomic E-state index is 0.447. The maximum atomic E-state index is 5.79. The van der Waals surface area contributed by atoms with E-state index in [4.69, 9.17) is 5.73 Å². The molecule has 2 heteroatoms. The van der Waals surface area contributed by atoms with E-state index >= 15 is 0 Å². The van der Waals surface area contributed by atoms with Crippen LogP contribution in [0.2, 0.25) is 0 Å². The predicted molar refractivity (Wildman–Crippen MR) is 66.9 cm³/mol. The number of hydrogen-bond donors (Lipinski definition) is 1. The number of aliphatic imine (C=N–C) groups is 1. The van der Waals surface area contributed by atoms with E-state index in [1.807, 2.05) is 0 Å². The second-order valence-corrected chi connectivity index (χ2v) is 5.01. The molecule has 0 amide bonds. The molecule has 1 aliphatic heterocycles. The Morgan fingerprint density at radius 1 is 1.25 bits per heavy atom. The lowest BCUT2D eigenvalue weighted by atomic mass is 9.91. The van der Waals surface area contributed by atoms with Crippen LogP contribution in [0.15, 0.2) is 23.2 Å². The zero-order valence-electron chi connectivity index (χ0n) is 9.74. The van der Waals surface area contributed by atoms with Crippen LogP contribution in [-0.4, -0.2) is 11.9 Å². The zero-order chi connectivity index (χ0) is 11.1. The molecule has 1 heterocycles. The Morgan fingerprint density at radius 2 is 2.12 bits per heavy atom. The van der Waals surface area contributed by atoms with Crippen molar-refractivity contribution < 1.29 is 0 Å². The van der Waals surface area contributed by atoms with Crippen LogP contribution in [0.3, 0.4) is 0 Å². The number of nitrogens with two attached hydrogens (primary N) is 1. The van der Waals surface area contributed by atoms with Crippen molar-refractivity contribution in [2.45, 2.75) is 44.6 Å². The first-order valence-corrected chi connectivity index (χ1v) is 6.16. The molecule has 0 saturated heterocycles. The molecular formula is C14H18N2. The highest BCUT2D eigenvalue weighted by molar-refractivity contribution is 5.82. The van der Waals surface area contributed by atoms with Gasteiger partial charge in [-0.1, -0.05) is 18.2 Å². The van der Waals surface area contributed by atoms with E-state index in [-0.39, 0.29) is 0 Å². The van der Waals surface area contributed by atoms with Gasteiger partial charge in [0.25, 0.3) is 0 Å². The summed E-state index contributed by atoms with van der Waals surface area (Å²) >= 11 is 0. The lowest BCUT2D eigenvalue weighted by Gasteiger charge is -2.16. The quantitative estimate of drug-likeness (QED) is 0.766. The van der Waals surface area contributed by atoms with Crippen molar-refractivity contribution in [3.63, 3.8) is 0 Å². The third-order valence-electron chi connectivity index (χ3n) is 4.04. The fourth-order valence-electron chi connectivity index (χ4n) is 3.20. The number of nitrogens with zero attached hydrogens (tertiary/aromatic N) is 1. The fourth-order valence-corrected chi connectivity index (χ4v) is 3.20. The minimum Gasteiger partial charge on any atom is -0.387 e. The predicted octanol–water partition coefficient (Wildman–Crippen LogP) is 2.54. The average Bonchev–Trinajstić information content (AvgIpc) is 2.84. The molecule has 0 radical (unpaired) electrons. The first-order valence-electron chi connectivity index (χ1n) is 6.16. The summed E-state index contributed by atoms with van der Waals surface area (Å²) < 4.78 is 0. The molecule has 84 valence electrons. The van der Waals surface area contributed by atoms with Crippen LogP contribution in [0.1, 0.15) is 41.9 Å². The van der Waals surface area contributed by atoms with Crippen molar-refractivity contribution in [1.29, 1.82) is 0 Å². The topological polar surface area (TPSA) is 38.4 Å². The number of hydrogen-bond acceptors (Lipinski definition) is 2. The van der Waals surface area contributed by atoms with Crippen LogP contribution in [-0.2, 0) is 6.42 Å². The number of rotatable bonds is 1. The van der Waals surface area contributed by atoms with Crippen LogP contribution in [0.4, 0.5) is 0 Å². The van der Waals surface area contributed by atoms with Crippen LogP contribution < -0.4 is 5.73 Å². The normalized spacial score (nSPS) is 27.9. The number of benzene rings is 1. The summed E-state index contributed by atoms with van der Waals surface area (Å²) in [4.78, 5) is 4.59. The monoisotopic (exact) mass is 214 g/mol. The van der Waals surface area contributed by atoms with Crippen LogP contribution >= 0.6 is 0 Å². The summed E-state index contributed by atoms with van der Waals surface area (Å²) in [5, 5.41) is 0. The molecule has 2 atom stereocenters. The summed E-state index contributed by atoms with van der Waals surface area (Å²) in [7, 11) is 0. The van der Waals surface area contributed by atoms with Crippen LogP contribution in [0, 0.1) is 6.92 Å². The molecule has 2 aliphatic rings. The first kappa shape index (κ1) is 9.88. The van der Waals surface area contributed by atoms with Gasteiger partial charge in [-0.05, 0) is 42.9 Å². The fraction of sp³-hybridized carbons (Fsp3) is 0.500. The standard InChI is InChI=1S/C14H18N2/c1-9-3-2-4-11-10(9)5-6-12(11)13-7-8-14(15)16-13/h2-4,12-13H,5-8H2,1H3,(H2,15,16)/t12-,13?/m0/s1. The van der Waals surface area contributed by atoms with E-state index in [9.17, 15) is 0 Å². The third kappa shape index (κ3) is 1.44. The maximum Gasteiger partial charge on any atom is 0.0941 e. The van der Waals surface area contributed by atoms with E-state index in [1.54, 1.807) is 5.56 Å². The molecular weight excluding hydrogens is 196 g/mol. The van der Waals surface area contributed by atoms with Gasteiger partial charge in [-0.15, -0.1) is 0 Å². The maximum absolute atomic E-state index is 5.79. The van der Waals surface area contributed by atoms with Crippen molar-refractivity contribution in [1.82, 2.24) is 0 Å². The smallest absolute Gasteiger partial charge is 0.0941 e. The lowest BCUT2D eigenvalue weighted by Crippen LogP contribution is -2.11. The Balaban J connectivity index is 1.95. The third-order valence-corrected chi connectivity index (χ3v) is 4.04. The zero-order valence-corrected chi connectivity index (χ0v) is 9.74. The lowest BCUT2D eigenvalue weighted by molar-refractivity contribution is 0.529. The molecule has 2 nitrogen and oxygen atoms in total. The van der Waals surface area contributed by atoms with Gasteiger partial charge in [0.15, 0.2) is 0 Å². The summed E-state index contributed by atoms with van der Waals surface area (Å²) in [5.41, 5.74) is 10.3. The highest BCUT2D eigenvalue weighted by atomic mass is 14.9.